The Morgan fingerprint density at radius 2 is 2.21 bits per heavy atom. The summed E-state index contributed by atoms with van der Waals surface area (Å²) in [4.78, 5) is 29.4. The number of fused-ring (bicyclic) bond motifs is 1. The summed E-state index contributed by atoms with van der Waals surface area (Å²) in [6.07, 6.45) is 1.54. The molecule has 0 aliphatic rings. The van der Waals surface area contributed by atoms with Crippen LogP contribution in [0.4, 0.5) is 0 Å². The van der Waals surface area contributed by atoms with Crippen LogP contribution in [-0.2, 0) is 13.6 Å². The van der Waals surface area contributed by atoms with E-state index in [9.17, 15) is 9.59 Å². The van der Waals surface area contributed by atoms with Crippen LogP contribution in [0, 0.1) is 0 Å². The molecule has 0 amide bonds. The van der Waals surface area contributed by atoms with Gasteiger partial charge in [-0.15, -0.1) is 0 Å². The molecule has 0 atom stereocenters. The summed E-state index contributed by atoms with van der Waals surface area (Å²) in [5.74, 6) is 0. The number of aryl methyl sites for hydroxylation is 1. The summed E-state index contributed by atoms with van der Waals surface area (Å²) < 4.78 is 2.74. The quantitative estimate of drug-likeness (QED) is 0.661. The van der Waals surface area contributed by atoms with Crippen LogP contribution in [0.3, 0.4) is 0 Å². The highest BCUT2D eigenvalue weighted by Crippen LogP contribution is 2.01. The summed E-state index contributed by atoms with van der Waals surface area (Å²) >= 11 is 0. The maximum Gasteiger partial charge on any atom is 0.329 e. The third kappa shape index (κ3) is 1.00. The molecule has 0 radical (unpaired) electrons. The van der Waals surface area contributed by atoms with Gasteiger partial charge in [-0.3, -0.25) is 14.3 Å². The Morgan fingerprint density at radius 3 is 2.86 bits per heavy atom. The van der Waals surface area contributed by atoms with Gasteiger partial charge in [0.1, 0.15) is 0 Å². The maximum atomic E-state index is 11.7. The zero-order valence-electron chi connectivity index (χ0n) is 7.94. The van der Waals surface area contributed by atoms with Gasteiger partial charge in [-0.1, -0.05) is 0 Å². The Morgan fingerprint density at radius 1 is 1.50 bits per heavy atom. The van der Waals surface area contributed by atoms with Crippen molar-refractivity contribution in [2.75, 3.05) is 0 Å². The summed E-state index contributed by atoms with van der Waals surface area (Å²) in [7, 11) is 1.44. The van der Waals surface area contributed by atoms with E-state index in [-0.39, 0.29) is 5.56 Å². The van der Waals surface area contributed by atoms with E-state index in [1.165, 1.54) is 7.05 Å². The van der Waals surface area contributed by atoms with Crippen molar-refractivity contribution in [3.05, 3.63) is 27.2 Å². The molecule has 0 unspecified atom stereocenters. The van der Waals surface area contributed by atoms with Crippen LogP contribution in [0.25, 0.3) is 11.2 Å². The van der Waals surface area contributed by atoms with Crippen LogP contribution in [-0.4, -0.2) is 19.1 Å². The highest BCUT2D eigenvalue weighted by molar-refractivity contribution is 5.68. The minimum atomic E-state index is -0.441. The molecule has 2 aromatic heterocycles. The lowest BCUT2D eigenvalue weighted by atomic mass is 10.5. The zero-order valence-corrected chi connectivity index (χ0v) is 7.94. The number of H-pyrrole nitrogens is 1. The van der Waals surface area contributed by atoms with E-state index < -0.39 is 5.69 Å². The van der Waals surface area contributed by atoms with Crippen LogP contribution in [0.2, 0.25) is 0 Å². The maximum absolute atomic E-state index is 11.7. The van der Waals surface area contributed by atoms with Crippen LogP contribution >= 0.6 is 0 Å². The molecule has 0 saturated carbocycles. The fourth-order valence-corrected chi connectivity index (χ4v) is 1.37. The molecule has 1 N–H and O–H groups in total. The fourth-order valence-electron chi connectivity index (χ4n) is 1.37. The number of imidazole rings is 1. The average molecular weight is 194 g/mol. The van der Waals surface area contributed by atoms with Crippen molar-refractivity contribution in [1.29, 1.82) is 0 Å². The summed E-state index contributed by atoms with van der Waals surface area (Å²) in [6.45, 7) is 2.56. The van der Waals surface area contributed by atoms with Gasteiger partial charge in [0.05, 0.1) is 6.33 Å². The van der Waals surface area contributed by atoms with Crippen molar-refractivity contribution in [3.63, 3.8) is 0 Å². The predicted octanol–water partition coefficient (Wildman–Crippen LogP) is -0.557. The molecule has 6 heteroatoms. The molecule has 2 rings (SSSR count). The normalized spacial score (nSPS) is 11.0. The van der Waals surface area contributed by atoms with Crippen molar-refractivity contribution in [3.8, 4) is 0 Å². The molecule has 0 bridgehead atoms. The lowest BCUT2D eigenvalue weighted by molar-refractivity contribution is 0.753. The zero-order chi connectivity index (χ0) is 10.3. The first kappa shape index (κ1) is 8.74. The average Bonchev–Trinajstić information content (AvgIpc) is 2.57. The molecule has 0 aliphatic carbocycles. The van der Waals surface area contributed by atoms with Crippen molar-refractivity contribution in [2.24, 2.45) is 7.05 Å². The van der Waals surface area contributed by atoms with Gasteiger partial charge in [0.2, 0.25) is 0 Å². The summed E-state index contributed by atoms with van der Waals surface area (Å²) in [6, 6.07) is 0. The van der Waals surface area contributed by atoms with Gasteiger partial charge in [0, 0.05) is 13.6 Å². The molecule has 74 valence electrons. The topological polar surface area (TPSA) is 72.7 Å². The Kier molecular flexibility index (Phi) is 1.77. The van der Waals surface area contributed by atoms with Crippen LogP contribution < -0.4 is 11.2 Å². The predicted molar refractivity (Wildman–Crippen MR) is 51.3 cm³/mol. The van der Waals surface area contributed by atoms with Gasteiger partial charge in [-0.25, -0.2) is 9.78 Å². The van der Waals surface area contributed by atoms with Gasteiger partial charge < -0.3 is 4.57 Å². The van der Waals surface area contributed by atoms with E-state index in [0.717, 1.165) is 4.57 Å². The van der Waals surface area contributed by atoms with E-state index in [0.29, 0.717) is 17.7 Å². The number of nitrogens with zero attached hydrogens (tertiary/aromatic N) is 3. The first-order valence-corrected chi connectivity index (χ1v) is 4.29. The molecule has 0 spiro atoms. The number of rotatable bonds is 1. The molecule has 14 heavy (non-hydrogen) atoms. The fraction of sp³-hybridized carbons (Fsp3) is 0.375. The minimum absolute atomic E-state index is 0.317. The lowest BCUT2D eigenvalue weighted by Crippen LogP contribution is -2.33. The molecule has 0 aromatic carbocycles. The van der Waals surface area contributed by atoms with Gasteiger partial charge >= 0.3 is 5.69 Å². The third-order valence-corrected chi connectivity index (χ3v) is 2.22. The van der Waals surface area contributed by atoms with E-state index in [4.69, 9.17) is 0 Å². The first-order chi connectivity index (χ1) is 6.65. The highest BCUT2D eigenvalue weighted by atomic mass is 16.2. The van der Waals surface area contributed by atoms with Gasteiger partial charge in [0.25, 0.3) is 5.56 Å². The van der Waals surface area contributed by atoms with E-state index >= 15 is 0 Å². The summed E-state index contributed by atoms with van der Waals surface area (Å²) in [5.41, 5.74) is 0.0292. The molecule has 6 nitrogen and oxygen atoms in total. The number of aromatic amines is 1. The van der Waals surface area contributed by atoms with E-state index in [1.54, 1.807) is 10.9 Å². The number of hydrogen-bond donors (Lipinski definition) is 1. The molecular formula is C8H10N4O2. The molecule has 0 aliphatic heterocycles. The minimum Gasteiger partial charge on any atom is -0.325 e. The molecule has 0 saturated heterocycles. The Bertz CT molecular complexity index is 589. The van der Waals surface area contributed by atoms with Crippen molar-refractivity contribution in [1.82, 2.24) is 19.1 Å². The Balaban J connectivity index is 3.03. The number of nitrogens with one attached hydrogen (secondary N) is 1. The SMILES string of the molecule is CCn1cnc2[nH]c(=O)n(C)c(=O)c21. The lowest BCUT2D eigenvalue weighted by Gasteiger charge is -1.99. The second-order valence-corrected chi connectivity index (χ2v) is 3.02. The number of aromatic nitrogens is 4. The smallest absolute Gasteiger partial charge is 0.325 e. The summed E-state index contributed by atoms with van der Waals surface area (Å²) in [5, 5.41) is 0. The Hall–Kier alpha value is -1.85. The standard InChI is InChI=1S/C8H10N4O2/c1-3-12-4-9-6-5(12)7(13)11(2)8(14)10-6/h4H,3H2,1-2H3,(H,10,14). The molecular weight excluding hydrogens is 184 g/mol. The largest absolute Gasteiger partial charge is 0.329 e. The Labute approximate surface area is 78.8 Å². The monoisotopic (exact) mass is 194 g/mol. The molecule has 0 fully saturated rings. The van der Waals surface area contributed by atoms with Crippen molar-refractivity contribution in [2.45, 2.75) is 13.5 Å². The third-order valence-electron chi connectivity index (χ3n) is 2.22. The van der Waals surface area contributed by atoms with Gasteiger partial charge in [-0.05, 0) is 6.92 Å². The molecule has 2 heterocycles. The molecule has 2 aromatic rings. The first-order valence-electron chi connectivity index (χ1n) is 4.29. The van der Waals surface area contributed by atoms with E-state index in [1.807, 2.05) is 6.92 Å². The van der Waals surface area contributed by atoms with Crippen molar-refractivity contribution >= 4 is 11.2 Å². The van der Waals surface area contributed by atoms with Crippen LogP contribution in [0.5, 0.6) is 0 Å². The second-order valence-electron chi connectivity index (χ2n) is 3.02. The number of hydrogen-bond acceptors (Lipinski definition) is 3. The van der Waals surface area contributed by atoms with Gasteiger partial charge in [0.15, 0.2) is 11.2 Å². The van der Waals surface area contributed by atoms with Crippen molar-refractivity contribution < 1.29 is 0 Å². The van der Waals surface area contributed by atoms with Gasteiger partial charge in [-0.2, -0.15) is 0 Å². The van der Waals surface area contributed by atoms with Crippen LogP contribution in [0.1, 0.15) is 6.92 Å². The van der Waals surface area contributed by atoms with E-state index in [2.05, 4.69) is 9.97 Å². The van der Waals surface area contributed by atoms with Crippen LogP contribution in [0.15, 0.2) is 15.9 Å². The second kappa shape index (κ2) is 2.83. The highest BCUT2D eigenvalue weighted by Gasteiger charge is 2.09.